The van der Waals surface area contributed by atoms with Crippen molar-refractivity contribution in [3.8, 4) is 0 Å². The molecule has 0 radical (unpaired) electrons. The fraction of sp³-hybridized carbons (Fsp3) is 0.500. The Bertz CT molecular complexity index is 410. The van der Waals surface area contributed by atoms with E-state index >= 15 is 0 Å². The summed E-state index contributed by atoms with van der Waals surface area (Å²) < 4.78 is 0. The number of pyridine rings is 1. The topological polar surface area (TPSA) is 59.2 Å². The summed E-state index contributed by atoms with van der Waals surface area (Å²) in [7, 11) is 1.84. The van der Waals surface area contributed by atoms with Gasteiger partial charge in [0.2, 0.25) is 0 Å². The number of nitrogens with zero attached hydrogens (tertiary/aromatic N) is 2. The first-order chi connectivity index (χ1) is 8.08. The molecule has 1 aliphatic rings. The highest BCUT2D eigenvalue weighted by Gasteiger charge is 2.24. The number of anilines is 1. The standard InChI is InChI=1S/C12H16ClN3O/c1-16(9-4-2-3-5-9)12(17)8-6-10(13)15-11(14)7-8/h6-7,9H,2-5H2,1H3,(H2,14,15). The molecule has 1 heterocycles. The molecule has 1 aliphatic carbocycles. The molecule has 17 heavy (non-hydrogen) atoms. The number of halogens is 1. The molecule has 1 saturated carbocycles. The maximum atomic E-state index is 12.2. The Morgan fingerprint density at radius 1 is 1.47 bits per heavy atom. The molecule has 0 aromatic carbocycles. The van der Waals surface area contributed by atoms with Crippen LogP contribution in [-0.4, -0.2) is 28.9 Å². The fourth-order valence-corrected chi connectivity index (χ4v) is 2.52. The van der Waals surface area contributed by atoms with Gasteiger partial charge in [0.05, 0.1) is 0 Å². The molecule has 1 fully saturated rings. The van der Waals surface area contributed by atoms with Gasteiger partial charge in [0.25, 0.3) is 5.91 Å². The van der Waals surface area contributed by atoms with E-state index in [4.69, 9.17) is 17.3 Å². The summed E-state index contributed by atoms with van der Waals surface area (Å²) in [5.74, 6) is 0.244. The van der Waals surface area contributed by atoms with Crippen LogP contribution in [-0.2, 0) is 0 Å². The van der Waals surface area contributed by atoms with Crippen LogP contribution >= 0.6 is 11.6 Å². The predicted octanol–water partition coefficient (Wildman–Crippen LogP) is 2.33. The van der Waals surface area contributed by atoms with Crippen molar-refractivity contribution in [2.75, 3.05) is 12.8 Å². The number of rotatable bonds is 2. The fourth-order valence-electron chi connectivity index (χ4n) is 2.30. The van der Waals surface area contributed by atoms with Crippen LogP contribution in [0.15, 0.2) is 12.1 Å². The molecule has 0 bridgehead atoms. The maximum Gasteiger partial charge on any atom is 0.254 e. The summed E-state index contributed by atoms with van der Waals surface area (Å²) in [5.41, 5.74) is 6.10. The normalized spacial score (nSPS) is 16.1. The summed E-state index contributed by atoms with van der Waals surface area (Å²) >= 11 is 5.80. The molecule has 0 spiro atoms. The van der Waals surface area contributed by atoms with E-state index in [2.05, 4.69) is 4.98 Å². The van der Waals surface area contributed by atoms with E-state index in [1.54, 1.807) is 17.0 Å². The third kappa shape index (κ3) is 2.69. The predicted molar refractivity (Wildman–Crippen MR) is 68.0 cm³/mol. The van der Waals surface area contributed by atoms with Crippen molar-refractivity contribution in [1.82, 2.24) is 9.88 Å². The van der Waals surface area contributed by atoms with Crippen molar-refractivity contribution in [2.45, 2.75) is 31.7 Å². The smallest absolute Gasteiger partial charge is 0.254 e. The lowest BCUT2D eigenvalue weighted by Gasteiger charge is -2.24. The summed E-state index contributed by atoms with van der Waals surface area (Å²) in [6.45, 7) is 0. The highest BCUT2D eigenvalue weighted by Crippen LogP contribution is 2.24. The van der Waals surface area contributed by atoms with E-state index in [0.29, 0.717) is 11.6 Å². The highest BCUT2D eigenvalue weighted by molar-refractivity contribution is 6.29. The van der Waals surface area contributed by atoms with Crippen LogP contribution in [0.4, 0.5) is 5.82 Å². The zero-order valence-corrected chi connectivity index (χ0v) is 10.6. The van der Waals surface area contributed by atoms with Gasteiger partial charge in [0, 0.05) is 18.7 Å². The van der Waals surface area contributed by atoms with Crippen molar-refractivity contribution in [1.29, 1.82) is 0 Å². The first kappa shape index (κ1) is 12.2. The lowest BCUT2D eigenvalue weighted by atomic mass is 10.1. The molecule has 0 saturated heterocycles. The van der Waals surface area contributed by atoms with Crippen LogP contribution in [0.5, 0.6) is 0 Å². The van der Waals surface area contributed by atoms with Gasteiger partial charge in [-0.15, -0.1) is 0 Å². The van der Waals surface area contributed by atoms with Crippen LogP contribution in [0.1, 0.15) is 36.0 Å². The number of carbonyl (C=O) groups excluding carboxylic acids is 1. The van der Waals surface area contributed by atoms with Crippen LogP contribution in [0, 0.1) is 0 Å². The summed E-state index contributed by atoms with van der Waals surface area (Å²) in [6.07, 6.45) is 4.55. The van der Waals surface area contributed by atoms with E-state index in [-0.39, 0.29) is 16.9 Å². The van der Waals surface area contributed by atoms with Gasteiger partial charge < -0.3 is 10.6 Å². The molecule has 1 aromatic rings. The van der Waals surface area contributed by atoms with Crippen molar-refractivity contribution in [3.05, 3.63) is 22.8 Å². The van der Waals surface area contributed by atoms with E-state index in [0.717, 1.165) is 12.8 Å². The Morgan fingerprint density at radius 3 is 2.71 bits per heavy atom. The van der Waals surface area contributed by atoms with Crippen molar-refractivity contribution >= 4 is 23.3 Å². The molecule has 5 heteroatoms. The quantitative estimate of drug-likeness (QED) is 0.823. The van der Waals surface area contributed by atoms with Crippen LogP contribution in [0.25, 0.3) is 0 Å². The molecule has 4 nitrogen and oxygen atoms in total. The number of nitrogen functional groups attached to an aromatic ring is 1. The summed E-state index contributed by atoms with van der Waals surface area (Å²) in [5, 5.41) is 0.258. The van der Waals surface area contributed by atoms with Gasteiger partial charge in [0.1, 0.15) is 11.0 Å². The number of hydrogen-bond acceptors (Lipinski definition) is 3. The van der Waals surface area contributed by atoms with Crippen molar-refractivity contribution in [2.24, 2.45) is 0 Å². The average Bonchev–Trinajstić information content (AvgIpc) is 2.79. The molecule has 1 aromatic heterocycles. The molecule has 2 N–H and O–H groups in total. The number of aromatic nitrogens is 1. The molecule has 0 atom stereocenters. The Hall–Kier alpha value is -1.29. The van der Waals surface area contributed by atoms with Gasteiger partial charge in [0.15, 0.2) is 0 Å². The number of nitrogens with two attached hydrogens (primary N) is 1. The van der Waals surface area contributed by atoms with Gasteiger partial charge in [-0.2, -0.15) is 0 Å². The highest BCUT2D eigenvalue weighted by atomic mass is 35.5. The lowest BCUT2D eigenvalue weighted by molar-refractivity contribution is 0.0735. The number of hydrogen-bond donors (Lipinski definition) is 1. The monoisotopic (exact) mass is 253 g/mol. The molecular weight excluding hydrogens is 238 g/mol. The Morgan fingerprint density at radius 2 is 2.12 bits per heavy atom. The van der Waals surface area contributed by atoms with Crippen LogP contribution in [0.3, 0.4) is 0 Å². The van der Waals surface area contributed by atoms with Crippen molar-refractivity contribution < 1.29 is 4.79 Å². The summed E-state index contributed by atoms with van der Waals surface area (Å²) in [6, 6.07) is 3.47. The molecule has 0 unspecified atom stereocenters. The van der Waals surface area contributed by atoms with E-state index in [1.807, 2.05) is 7.05 Å². The van der Waals surface area contributed by atoms with Crippen molar-refractivity contribution in [3.63, 3.8) is 0 Å². The van der Waals surface area contributed by atoms with Gasteiger partial charge in [-0.25, -0.2) is 4.98 Å². The zero-order chi connectivity index (χ0) is 12.4. The van der Waals surface area contributed by atoms with E-state index in [1.165, 1.54) is 12.8 Å². The molecule has 0 aliphatic heterocycles. The second kappa shape index (κ2) is 4.92. The van der Waals surface area contributed by atoms with Gasteiger partial charge in [-0.1, -0.05) is 24.4 Å². The second-order valence-electron chi connectivity index (χ2n) is 4.46. The van der Waals surface area contributed by atoms with Crippen LogP contribution < -0.4 is 5.73 Å². The van der Waals surface area contributed by atoms with Gasteiger partial charge in [-0.05, 0) is 25.0 Å². The molecular formula is C12H16ClN3O. The molecule has 92 valence electrons. The Labute approximate surface area is 106 Å². The van der Waals surface area contributed by atoms with Gasteiger partial charge >= 0.3 is 0 Å². The van der Waals surface area contributed by atoms with E-state index in [9.17, 15) is 4.79 Å². The molecule has 1 amide bonds. The average molecular weight is 254 g/mol. The van der Waals surface area contributed by atoms with E-state index < -0.39 is 0 Å². The first-order valence-corrected chi connectivity index (χ1v) is 6.16. The van der Waals surface area contributed by atoms with Crippen LogP contribution in [0.2, 0.25) is 5.15 Å². The third-order valence-electron chi connectivity index (χ3n) is 3.25. The lowest BCUT2D eigenvalue weighted by Crippen LogP contribution is -2.35. The molecule has 2 rings (SSSR count). The SMILES string of the molecule is CN(C(=O)c1cc(N)nc(Cl)c1)C1CCCC1. The third-order valence-corrected chi connectivity index (χ3v) is 3.45. The minimum atomic E-state index is -0.0344. The number of carbonyl (C=O) groups is 1. The Kier molecular flexibility index (Phi) is 3.52. The zero-order valence-electron chi connectivity index (χ0n) is 9.82. The second-order valence-corrected chi connectivity index (χ2v) is 4.84. The minimum Gasteiger partial charge on any atom is -0.384 e. The Balaban J connectivity index is 2.17. The summed E-state index contributed by atoms with van der Waals surface area (Å²) in [4.78, 5) is 17.9. The minimum absolute atomic E-state index is 0.0344. The van der Waals surface area contributed by atoms with Gasteiger partial charge in [-0.3, -0.25) is 4.79 Å². The largest absolute Gasteiger partial charge is 0.384 e. The first-order valence-electron chi connectivity index (χ1n) is 5.78. The maximum absolute atomic E-state index is 12.2. The number of amides is 1.